The Balaban J connectivity index is 2.04. The number of ether oxygens (including phenoxy) is 1. The third-order valence-electron chi connectivity index (χ3n) is 4.46. The number of anilines is 1. The number of amides is 2. The monoisotopic (exact) mass is 412 g/mol. The van der Waals surface area contributed by atoms with E-state index in [1.807, 2.05) is 6.08 Å². The highest BCUT2D eigenvalue weighted by atomic mass is 19.1. The quantitative estimate of drug-likeness (QED) is 0.678. The summed E-state index contributed by atoms with van der Waals surface area (Å²) in [6.45, 7) is 7.10. The normalized spacial score (nSPS) is 20.1. The van der Waals surface area contributed by atoms with Gasteiger partial charge in [-0.3, -0.25) is 4.79 Å². The maximum Gasteiger partial charge on any atom is 0.408 e. The lowest BCUT2D eigenvalue weighted by Crippen LogP contribution is -2.35. The Kier molecular flexibility index (Phi) is 6.14. The van der Waals surface area contributed by atoms with Crippen LogP contribution in [0.3, 0.4) is 0 Å². The minimum Gasteiger partial charge on any atom is -0.444 e. The highest BCUT2D eigenvalue weighted by Gasteiger charge is 2.23. The molecule has 2 amide bonds. The van der Waals surface area contributed by atoms with Crippen molar-refractivity contribution in [3.8, 4) is 11.3 Å². The second-order valence-corrected chi connectivity index (χ2v) is 8.16. The number of rotatable bonds is 1. The molecule has 1 aromatic heterocycles. The summed E-state index contributed by atoms with van der Waals surface area (Å²) < 4.78 is 19.3. The number of fused-ring (bicyclic) bond motifs is 4. The lowest BCUT2D eigenvalue weighted by molar-refractivity contribution is -0.118. The molecule has 1 aliphatic rings. The average Bonchev–Trinajstić information content (AvgIpc) is 2.66. The number of halogens is 1. The van der Waals surface area contributed by atoms with E-state index in [9.17, 15) is 14.0 Å². The van der Waals surface area contributed by atoms with Gasteiger partial charge in [-0.2, -0.15) is 0 Å². The Morgan fingerprint density at radius 3 is 2.77 bits per heavy atom. The minimum absolute atomic E-state index is 0.231. The molecular formula is C22H25FN4O3. The van der Waals surface area contributed by atoms with Gasteiger partial charge < -0.3 is 15.4 Å². The van der Waals surface area contributed by atoms with Crippen LogP contribution >= 0.6 is 0 Å². The van der Waals surface area contributed by atoms with Gasteiger partial charge in [0.05, 0.1) is 29.0 Å². The van der Waals surface area contributed by atoms with E-state index in [4.69, 9.17) is 4.74 Å². The molecule has 1 aromatic carbocycles. The van der Waals surface area contributed by atoms with Gasteiger partial charge in [0.15, 0.2) is 0 Å². The standard InChI is InChI=1S/C22H25FN4O3/c1-13-6-5-7-17(27-21(29)30-22(2,3)4)19-11-18(24-12-25-19)15-10-14(23)8-9-16(15)26-20(13)28/h5-6,8-13,17H,7H2,1-4H3,(H,26,28)(H,27,29)/b6-5+/t13-,17?/m1/s1. The largest absolute Gasteiger partial charge is 0.444 e. The lowest BCUT2D eigenvalue weighted by atomic mass is 10.0. The Bertz CT molecular complexity index is 985. The van der Waals surface area contributed by atoms with E-state index in [1.54, 1.807) is 39.8 Å². The Hall–Kier alpha value is -3.29. The first-order chi connectivity index (χ1) is 14.1. The van der Waals surface area contributed by atoms with Crippen molar-refractivity contribution in [3.05, 3.63) is 54.3 Å². The number of benzene rings is 1. The SMILES string of the molecule is C[C@@H]1/C=C/CC(NC(=O)OC(C)(C)C)c2cc(ncn2)-c2cc(F)ccc2NC1=O. The Morgan fingerprint density at radius 1 is 1.27 bits per heavy atom. The van der Waals surface area contributed by atoms with Gasteiger partial charge in [-0.05, 0) is 51.5 Å². The second-order valence-electron chi connectivity index (χ2n) is 8.16. The second kappa shape index (κ2) is 8.61. The molecule has 0 aliphatic carbocycles. The molecule has 0 saturated carbocycles. The first-order valence-electron chi connectivity index (χ1n) is 9.71. The smallest absolute Gasteiger partial charge is 0.408 e. The molecule has 7 nitrogen and oxygen atoms in total. The van der Waals surface area contributed by atoms with Gasteiger partial charge in [-0.1, -0.05) is 19.1 Å². The van der Waals surface area contributed by atoms with Crippen LogP contribution in [0.15, 0.2) is 42.7 Å². The van der Waals surface area contributed by atoms with E-state index in [1.165, 1.54) is 24.5 Å². The molecule has 0 saturated heterocycles. The molecule has 2 atom stereocenters. The van der Waals surface area contributed by atoms with Gasteiger partial charge >= 0.3 is 6.09 Å². The van der Waals surface area contributed by atoms with Crippen LogP contribution in [0.5, 0.6) is 0 Å². The molecule has 2 N–H and O–H groups in total. The minimum atomic E-state index is -0.648. The summed E-state index contributed by atoms with van der Waals surface area (Å²) in [4.78, 5) is 33.4. The maximum atomic E-state index is 14.0. The molecule has 2 bridgehead atoms. The fourth-order valence-corrected chi connectivity index (χ4v) is 3.00. The van der Waals surface area contributed by atoms with Gasteiger partial charge in [0.2, 0.25) is 5.91 Å². The first-order valence-corrected chi connectivity index (χ1v) is 9.71. The predicted molar refractivity (Wildman–Crippen MR) is 111 cm³/mol. The topological polar surface area (TPSA) is 93.2 Å². The van der Waals surface area contributed by atoms with E-state index in [0.29, 0.717) is 29.1 Å². The van der Waals surface area contributed by atoms with Crippen molar-refractivity contribution in [1.29, 1.82) is 0 Å². The summed E-state index contributed by atoms with van der Waals surface area (Å²) >= 11 is 0. The van der Waals surface area contributed by atoms with Crippen molar-refractivity contribution >= 4 is 17.7 Å². The molecule has 0 fully saturated rings. The fourth-order valence-electron chi connectivity index (χ4n) is 3.00. The molecule has 158 valence electrons. The average molecular weight is 412 g/mol. The van der Waals surface area contributed by atoms with E-state index in [0.717, 1.165) is 0 Å². The third-order valence-corrected chi connectivity index (χ3v) is 4.46. The summed E-state index contributed by atoms with van der Waals surface area (Å²) in [7, 11) is 0. The number of aromatic nitrogens is 2. The van der Waals surface area contributed by atoms with Crippen LogP contribution in [0.25, 0.3) is 11.3 Å². The molecule has 1 aliphatic heterocycles. The third kappa shape index (κ3) is 5.40. The molecule has 3 rings (SSSR count). The lowest BCUT2D eigenvalue weighted by Gasteiger charge is -2.23. The van der Waals surface area contributed by atoms with E-state index in [-0.39, 0.29) is 5.91 Å². The Morgan fingerprint density at radius 2 is 2.03 bits per heavy atom. The van der Waals surface area contributed by atoms with Crippen molar-refractivity contribution in [2.24, 2.45) is 5.92 Å². The van der Waals surface area contributed by atoms with Crippen LogP contribution in [-0.4, -0.2) is 27.6 Å². The van der Waals surface area contributed by atoms with Crippen LogP contribution in [0, 0.1) is 11.7 Å². The Labute approximate surface area is 174 Å². The predicted octanol–water partition coefficient (Wildman–Crippen LogP) is 4.38. The van der Waals surface area contributed by atoms with Gasteiger partial charge in [0.25, 0.3) is 0 Å². The highest BCUT2D eigenvalue weighted by Crippen LogP contribution is 2.30. The molecule has 2 heterocycles. The van der Waals surface area contributed by atoms with Gasteiger partial charge in [-0.15, -0.1) is 0 Å². The molecule has 2 aromatic rings. The summed E-state index contributed by atoms with van der Waals surface area (Å²) in [5, 5.41) is 5.65. The zero-order valence-electron chi connectivity index (χ0n) is 17.4. The molecule has 0 radical (unpaired) electrons. The number of alkyl carbamates (subject to hydrolysis) is 1. The van der Waals surface area contributed by atoms with Gasteiger partial charge in [-0.25, -0.2) is 19.2 Å². The molecule has 30 heavy (non-hydrogen) atoms. The highest BCUT2D eigenvalue weighted by molar-refractivity contribution is 5.97. The number of nitrogens with zero attached hydrogens (tertiary/aromatic N) is 2. The first kappa shape index (κ1) is 21.4. The molecular weight excluding hydrogens is 387 g/mol. The van der Waals surface area contributed by atoms with E-state index in [2.05, 4.69) is 20.6 Å². The summed E-state index contributed by atoms with van der Waals surface area (Å²) in [5.74, 6) is -1.11. The maximum absolute atomic E-state index is 14.0. The number of nitrogens with one attached hydrogen (secondary N) is 2. The number of hydrogen-bond donors (Lipinski definition) is 2. The molecule has 0 spiro atoms. The number of carbonyl (C=O) groups excluding carboxylic acids is 2. The summed E-state index contributed by atoms with van der Waals surface area (Å²) in [5.41, 5.74) is 1.21. The number of carbonyl (C=O) groups is 2. The van der Waals surface area contributed by atoms with Crippen molar-refractivity contribution in [1.82, 2.24) is 15.3 Å². The van der Waals surface area contributed by atoms with Crippen LogP contribution in [-0.2, 0) is 9.53 Å². The van der Waals surface area contributed by atoms with Crippen LogP contribution in [0.4, 0.5) is 14.9 Å². The van der Waals surface area contributed by atoms with Gasteiger partial charge in [0, 0.05) is 5.56 Å². The van der Waals surface area contributed by atoms with Crippen molar-refractivity contribution in [3.63, 3.8) is 0 Å². The van der Waals surface area contributed by atoms with E-state index < -0.39 is 29.5 Å². The zero-order chi connectivity index (χ0) is 21.9. The van der Waals surface area contributed by atoms with Crippen molar-refractivity contribution < 1.29 is 18.7 Å². The summed E-state index contributed by atoms with van der Waals surface area (Å²) in [6, 6.07) is 5.25. The van der Waals surface area contributed by atoms with Crippen LogP contribution in [0.1, 0.15) is 45.9 Å². The zero-order valence-corrected chi connectivity index (χ0v) is 17.4. The van der Waals surface area contributed by atoms with E-state index >= 15 is 0 Å². The van der Waals surface area contributed by atoms with Crippen LogP contribution < -0.4 is 10.6 Å². The van der Waals surface area contributed by atoms with Crippen molar-refractivity contribution in [2.45, 2.75) is 45.8 Å². The molecule has 1 unspecified atom stereocenters. The summed E-state index contributed by atoms with van der Waals surface area (Å²) in [6.07, 6.45) is 4.74. The van der Waals surface area contributed by atoms with Gasteiger partial charge in [0.1, 0.15) is 17.7 Å². The fraction of sp³-hybridized carbons (Fsp3) is 0.364. The number of hydrogen-bond acceptors (Lipinski definition) is 5. The van der Waals surface area contributed by atoms with Crippen molar-refractivity contribution in [2.75, 3.05) is 5.32 Å². The molecule has 8 heteroatoms. The van der Waals surface area contributed by atoms with Crippen LogP contribution in [0.2, 0.25) is 0 Å².